The van der Waals surface area contributed by atoms with E-state index in [1.807, 2.05) is 0 Å². The summed E-state index contributed by atoms with van der Waals surface area (Å²) in [6.45, 7) is 8.26. The Kier molecular flexibility index (Phi) is 3.67. The van der Waals surface area contributed by atoms with Gasteiger partial charge in [0.25, 0.3) is 0 Å². The highest BCUT2D eigenvalue weighted by molar-refractivity contribution is 5.81. The molecule has 0 bridgehead atoms. The van der Waals surface area contributed by atoms with Crippen LogP contribution in [0, 0.1) is 0 Å². The summed E-state index contributed by atoms with van der Waals surface area (Å²) in [5.41, 5.74) is 2.68. The van der Waals surface area contributed by atoms with Gasteiger partial charge in [0.2, 0.25) is 0 Å². The lowest BCUT2D eigenvalue weighted by atomic mass is 10.0. The largest absolute Gasteiger partial charge is 0.352 e. The van der Waals surface area contributed by atoms with Crippen LogP contribution in [-0.4, -0.2) is 18.5 Å². The van der Waals surface area contributed by atoms with Gasteiger partial charge in [0.1, 0.15) is 0 Å². The first kappa shape index (κ1) is 12.0. The molecule has 0 saturated carbocycles. The van der Waals surface area contributed by atoms with Crippen molar-refractivity contribution in [2.45, 2.75) is 39.3 Å². The standard InChI is InChI=1S/C14H21N3/c1-10(2)13-6-4-12(5-7-13)9-16-14-15-8-11(3)17-14/h4-7,10-11H,8-9H2,1-3H3,(H2,15,16,17). The molecule has 1 aromatic carbocycles. The smallest absolute Gasteiger partial charge is 0.191 e. The number of guanidine groups is 1. The lowest BCUT2D eigenvalue weighted by Crippen LogP contribution is -2.37. The van der Waals surface area contributed by atoms with E-state index in [2.05, 4.69) is 60.7 Å². The molecule has 1 atom stereocenters. The average Bonchev–Trinajstić information content (AvgIpc) is 2.73. The molecule has 1 aliphatic rings. The van der Waals surface area contributed by atoms with Crippen LogP contribution in [0.5, 0.6) is 0 Å². The first-order chi connectivity index (χ1) is 8.15. The quantitative estimate of drug-likeness (QED) is 0.837. The molecule has 2 rings (SSSR count). The first-order valence-corrected chi connectivity index (χ1v) is 6.29. The third-order valence-corrected chi connectivity index (χ3v) is 3.01. The summed E-state index contributed by atoms with van der Waals surface area (Å²) in [5, 5.41) is 6.61. The molecule has 1 unspecified atom stereocenters. The van der Waals surface area contributed by atoms with Gasteiger partial charge in [0.15, 0.2) is 5.96 Å². The summed E-state index contributed by atoms with van der Waals surface area (Å²) in [5.74, 6) is 1.52. The molecule has 0 saturated heterocycles. The molecule has 0 radical (unpaired) electrons. The molecule has 1 aliphatic heterocycles. The minimum absolute atomic E-state index is 0.459. The Labute approximate surface area is 103 Å². The fourth-order valence-corrected chi connectivity index (χ4v) is 1.87. The fourth-order valence-electron chi connectivity index (χ4n) is 1.87. The van der Waals surface area contributed by atoms with E-state index in [0.29, 0.717) is 12.0 Å². The topological polar surface area (TPSA) is 36.4 Å². The Bertz CT molecular complexity index is 392. The minimum atomic E-state index is 0.459. The molecule has 2 N–H and O–H groups in total. The van der Waals surface area contributed by atoms with Crippen molar-refractivity contribution in [2.24, 2.45) is 4.99 Å². The summed E-state index contributed by atoms with van der Waals surface area (Å²) in [6.07, 6.45) is 0. The van der Waals surface area contributed by atoms with Crippen molar-refractivity contribution in [1.29, 1.82) is 0 Å². The molecule has 0 aromatic heterocycles. The number of hydrogen-bond acceptors (Lipinski definition) is 3. The van der Waals surface area contributed by atoms with E-state index >= 15 is 0 Å². The van der Waals surface area contributed by atoms with Gasteiger partial charge < -0.3 is 10.6 Å². The second kappa shape index (κ2) is 5.21. The van der Waals surface area contributed by atoms with Gasteiger partial charge in [-0.25, -0.2) is 0 Å². The van der Waals surface area contributed by atoms with Crippen molar-refractivity contribution in [3.05, 3.63) is 35.4 Å². The molecule has 3 nitrogen and oxygen atoms in total. The fraction of sp³-hybridized carbons (Fsp3) is 0.500. The summed E-state index contributed by atoms with van der Waals surface area (Å²) in [6, 6.07) is 9.23. The molecular formula is C14H21N3. The molecule has 1 aromatic rings. The van der Waals surface area contributed by atoms with Gasteiger partial charge in [-0.2, -0.15) is 0 Å². The van der Waals surface area contributed by atoms with Crippen LogP contribution in [0.15, 0.2) is 29.3 Å². The molecule has 0 spiro atoms. The predicted octanol–water partition coefficient (Wildman–Crippen LogP) is 2.25. The Morgan fingerprint density at radius 3 is 2.59 bits per heavy atom. The monoisotopic (exact) mass is 231 g/mol. The van der Waals surface area contributed by atoms with E-state index in [4.69, 9.17) is 0 Å². The highest BCUT2D eigenvalue weighted by Crippen LogP contribution is 2.14. The van der Waals surface area contributed by atoms with Crippen LogP contribution in [0.3, 0.4) is 0 Å². The van der Waals surface area contributed by atoms with E-state index in [-0.39, 0.29) is 0 Å². The van der Waals surface area contributed by atoms with Crippen molar-refractivity contribution in [3.8, 4) is 0 Å². The second-order valence-electron chi connectivity index (χ2n) is 4.98. The maximum Gasteiger partial charge on any atom is 0.191 e. The molecule has 0 aliphatic carbocycles. The van der Waals surface area contributed by atoms with Crippen LogP contribution in [0.1, 0.15) is 37.8 Å². The Hall–Kier alpha value is -1.51. The van der Waals surface area contributed by atoms with Gasteiger partial charge in [-0.3, -0.25) is 4.99 Å². The van der Waals surface area contributed by atoms with E-state index in [1.165, 1.54) is 11.1 Å². The molecule has 92 valence electrons. The summed E-state index contributed by atoms with van der Waals surface area (Å²) in [7, 11) is 0. The molecule has 0 amide bonds. The first-order valence-electron chi connectivity index (χ1n) is 6.29. The Balaban J connectivity index is 1.87. The second-order valence-corrected chi connectivity index (χ2v) is 4.98. The number of nitrogens with zero attached hydrogens (tertiary/aromatic N) is 1. The van der Waals surface area contributed by atoms with Gasteiger partial charge in [0, 0.05) is 12.6 Å². The van der Waals surface area contributed by atoms with Gasteiger partial charge in [-0.1, -0.05) is 38.1 Å². The lowest BCUT2D eigenvalue weighted by Gasteiger charge is -2.10. The van der Waals surface area contributed by atoms with Gasteiger partial charge in [-0.05, 0) is 24.0 Å². The SMILES string of the molecule is CC1CN=C(NCc2ccc(C(C)C)cc2)N1. The van der Waals surface area contributed by atoms with Crippen LogP contribution < -0.4 is 10.6 Å². The highest BCUT2D eigenvalue weighted by atomic mass is 15.2. The molecule has 0 fully saturated rings. The van der Waals surface area contributed by atoms with Crippen molar-refractivity contribution in [3.63, 3.8) is 0 Å². The van der Waals surface area contributed by atoms with Crippen LogP contribution in [-0.2, 0) is 6.54 Å². The number of rotatable bonds is 3. The van der Waals surface area contributed by atoms with Crippen LogP contribution in [0.25, 0.3) is 0 Å². The summed E-state index contributed by atoms with van der Waals surface area (Å²) in [4.78, 5) is 4.37. The summed E-state index contributed by atoms with van der Waals surface area (Å²) >= 11 is 0. The molecule has 17 heavy (non-hydrogen) atoms. The van der Waals surface area contributed by atoms with Gasteiger partial charge in [0.05, 0.1) is 6.54 Å². The van der Waals surface area contributed by atoms with Crippen molar-refractivity contribution in [1.82, 2.24) is 10.6 Å². The third kappa shape index (κ3) is 3.22. The lowest BCUT2D eigenvalue weighted by molar-refractivity contribution is 0.713. The van der Waals surface area contributed by atoms with Crippen LogP contribution in [0.4, 0.5) is 0 Å². The Morgan fingerprint density at radius 2 is 2.06 bits per heavy atom. The highest BCUT2D eigenvalue weighted by Gasteiger charge is 2.11. The van der Waals surface area contributed by atoms with Crippen LogP contribution in [0.2, 0.25) is 0 Å². The van der Waals surface area contributed by atoms with Crippen LogP contribution >= 0.6 is 0 Å². The summed E-state index contributed by atoms with van der Waals surface area (Å²) < 4.78 is 0. The maximum absolute atomic E-state index is 4.37. The maximum atomic E-state index is 4.37. The zero-order chi connectivity index (χ0) is 12.3. The normalized spacial score (nSPS) is 19.1. The van der Waals surface area contributed by atoms with E-state index in [1.54, 1.807) is 0 Å². The van der Waals surface area contributed by atoms with E-state index in [0.717, 1.165) is 19.0 Å². The van der Waals surface area contributed by atoms with Crippen molar-refractivity contribution < 1.29 is 0 Å². The minimum Gasteiger partial charge on any atom is -0.352 e. The van der Waals surface area contributed by atoms with Gasteiger partial charge in [-0.15, -0.1) is 0 Å². The average molecular weight is 231 g/mol. The number of aliphatic imine (C=N–C) groups is 1. The zero-order valence-electron chi connectivity index (χ0n) is 10.8. The molecule has 1 heterocycles. The molecule has 3 heteroatoms. The number of nitrogens with one attached hydrogen (secondary N) is 2. The predicted molar refractivity (Wildman–Crippen MR) is 72.3 cm³/mol. The van der Waals surface area contributed by atoms with Gasteiger partial charge >= 0.3 is 0 Å². The number of benzene rings is 1. The Morgan fingerprint density at radius 1 is 1.35 bits per heavy atom. The molecular weight excluding hydrogens is 210 g/mol. The van der Waals surface area contributed by atoms with Crippen molar-refractivity contribution in [2.75, 3.05) is 6.54 Å². The van der Waals surface area contributed by atoms with E-state index in [9.17, 15) is 0 Å². The van der Waals surface area contributed by atoms with Crippen molar-refractivity contribution >= 4 is 5.96 Å². The number of hydrogen-bond donors (Lipinski definition) is 2. The third-order valence-electron chi connectivity index (χ3n) is 3.01. The van der Waals surface area contributed by atoms with E-state index < -0.39 is 0 Å². The zero-order valence-corrected chi connectivity index (χ0v) is 10.8.